The molecule has 2 aromatic rings. The van der Waals surface area contributed by atoms with Gasteiger partial charge in [-0.1, -0.05) is 24.3 Å². The van der Waals surface area contributed by atoms with Crippen LogP contribution in [0.2, 0.25) is 0 Å². The Morgan fingerprint density at radius 3 is 1.50 bits per heavy atom. The van der Waals surface area contributed by atoms with Gasteiger partial charge in [0.1, 0.15) is 11.6 Å². The van der Waals surface area contributed by atoms with E-state index in [9.17, 15) is 8.78 Å². The number of rotatable bonds is 0. The van der Waals surface area contributed by atoms with Gasteiger partial charge in [0.15, 0.2) is 0 Å². The summed E-state index contributed by atoms with van der Waals surface area (Å²) in [5.41, 5.74) is 0. The van der Waals surface area contributed by atoms with Crippen molar-refractivity contribution in [1.29, 1.82) is 0 Å². The van der Waals surface area contributed by atoms with E-state index in [1.54, 1.807) is 24.3 Å². The molecule has 2 rings (SSSR count). The van der Waals surface area contributed by atoms with Gasteiger partial charge in [-0.3, -0.25) is 0 Å². The van der Waals surface area contributed by atoms with Crippen molar-refractivity contribution < 1.29 is 8.78 Å². The van der Waals surface area contributed by atoms with E-state index in [0.717, 1.165) is 12.1 Å². The van der Waals surface area contributed by atoms with Gasteiger partial charge in [0, 0.05) is 10.8 Å². The van der Waals surface area contributed by atoms with E-state index in [0.29, 0.717) is 10.8 Å². The zero-order valence-corrected chi connectivity index (χ0v) is 6.22. The Hall–Kier alpha value is -1.44. The van der Waals surface area contributed by atoms with Crippen molar-refractivity contribution in [1.82, 2.24) is 0 Å². The predicted octanol–water partition coefficient (Wildman–Crippen LogP) is 3.12. The van der Waals surface area contributed by atoms with Crippen LogP contribution in [0.3, 0.4) is 0 Å². The second kappa shape index (κ2) is 2.55. The molecule has 0 aliphatic carbocycles. The molecular weight excluding hydrogens is 158 g/mol. The Morgan fingerprint density at radius 1 is 0.667 bits per heavy atom. The van der Waals surface area contributed by atoms with Gasteiger partial charge >= 0.3 is 0 Å². The molecule has 0 saturated heterocycles. The van der Waals surface area contributed by atoms with Gasteiger partial charge in [-0.2, -0.15) is 0 Å². The van der Waals surface area contributed by atoms with Crippen LogP contribution in [0, 0.1) is 11.6 Å². The lowest BCUT2D eigenvalue weighted by Crippen LogP contribution is -1.82. The molecule has 0 fully saturated rings. The summed E-state index contributed by atoms with van der Waals surface area (Å²) in [6, 6.07) is 8.77. The van der Waals surface area contributed by atoms with Crippen molar-refractivity contribution >= 4 is 10.8 Å². The molecule has 0 N–H and O–H groups in total. The lowest BCUT2D eigenvalue weighted by molar-refractivity contribution is 0.618. The molecule has 0 spiro atoms. The number of hydrogen-bond donors (Lipinski definition) is 0. The fraction of sp³-hybridized carbons (Fsp3) is 0. The highest BCUT2D eigenvalue weighted by atomic mass is 19.1. The lowest BCUT2D eigenvalue weighted by Gasteiger charge is -1.98. The maximum absolute atomic E-state index is 13.0. The molecule has 0 unspecified atom stereocenters. The van der Waals surface area contributed by atoms with Gasteiger partial charge in [0.05, 0.1) is 0 Å². The molecule has 0 atom stereocenters. The average molecular weight is 164 g/mol. The molecule has 2 aromatic carbocycles. The summed E-state index contributed by atoms with van der Waals surface area (Å²) in [6.07, 6.45) is 0. The Balaban J connectivity index is 2.95. The van der Waals surface area contributed by atoms with Gasteiger partial charge in [0.2, 0.25) is 0 Å². The minimum absolute atomic E-state index is 0.331. The first-order chi connectivity index (χ1) is 5.79. The highest BCUT2D eigenvalue weighted by Gasteiger charge is 2.02. The van der Waals surface area contributed by atoms with Crippen LogP contribution in [-0.2, 0) is 0 Å². The normalized spacial score (nSPS) is 10.5. The molecular formula is C10H6F2. The molecule has 60 valence electrons. The number of halogens is 2. The molecule has 0 aliphatic heterocycles. The van der Waals surface area contributed by atoms with Crippen LogP contribution in [0.15, 0.2) is 36.4 Å². The van der Waals surface area contributed by atoms with E-state index in [1.165, 1.54) is 0 Å². The smallest absolute Gasteiger partial charge is 0.131 e. The van der Waals surface area contributed by atoms with Gasteiger partial charge in [-0.05, 0) is 12.1 Å². The predicted molar refractivity (Wildman–Crippen MR) is 43.9 cm³/mol. The average Bonchev–Trinajstić information content (AvgIpc) is 2.12. The van der Waals surface area contributed by atoms with Crippen LogP contribution in [0.4, 0.5) is 8.78 Å². The standard InChI is InChI=1S/C10H6F2/c11-9-5-6-10(12)8-4-2-1-3-7(8)9/h1-6H. The molecule has 0 bridgehead atoms. The first-order valence-electron chi connectivity index (χ1n) is 3.62. The fourth-order valence-electron chi connectivity index (χ4n) is 1.23. The van der Waals surface area contributed by atoms with Crippen molar-refractivity contribution in [2.75, 3.05) is 0 Å². The van der Waals surface area contributed by atoms with Gasteiger partial charge in [-0.15, -0.1) is 0 Å². The highest BCUT2D eigenvalue weighted by molar-refractivity contribution is 5.83. The number of hydrogen-bond acceptors (Lipinski definition) is 0. The zero-order valence-electron chi connectivity index (χ0n) is 6.22. The van der Waals surface area contributed by atoms with E-state index >= 15 is 0 Å². The second-order valence-corrected chi connectivity index (χ2v) is 2.57. The van der Waals surface area contributed by atoms with Crippen molar-refractivity contribution in [3.8, 4) is 0 Å². The van der Waals surface area contributed by atoms with Crippen molar-refractivity contribution in [2.45, 2.75) is 0 Å². The molecule has 0 amide bonds. The molecule has 0 radical (unpaired) electrons. The molecule has 0 aliphatic rings. The molecule has 0 nitrogen and oxygen atoms in total. The molecule has 12 heavy (non-hydrogen) atoms. The summed E-state index contributed by atoms with van der Waals surface area (Å²) in [7, 11) is 0. The van der Waals surface area contributed by atoms with Gasteiger partial charge < -0.3 is 0 Å². The second-order valence-electron chi connectivity index (χ2n) is 2.57. The van der Waals surface area contributed by atoms with E-state index in [-0.39, 0.29) is 11.6 Å². The van der Waals surface area contributed by atoms with E-state index in [2.05, 4.69) is 0 Å². The van der Waals surface area contributed by atoms with E-state index in [4.69, 9.17) is 0 Å². The summed E-state index contributed by atoms with van der Waals surface area (Å²) in [4.78, 5) is 0. The Bertz CT molecular complexity index is 381. The lowest BCUT2D eigenvalue weighted by atomic mass is 10.1. The first kappa shape index (κ1) is 7.22. The van der Waals surface area contributed by atoms with Crippen LogP contribution in [0.1, 0.15) is 0 Å². The van der Waals surface area contributed by atoms with E-state index in [1.807, 2.05) is 0 Å². The summed E-state index contributed by atoms with van der Waals surface area (Å²) >= 11 is 0. The zero-order chi connectivity index (χ0) is 8.55. The molecule has 0 heterocycles. The van der Waals surface area contributed by atoms with Crippen molar-refractivity contribution in [2.24, 2.45) is 0 Å². The van der Waals surface area contributed by atoms with Crippen LogP contribution in [0.5, 0.6) is 0 Å². The number of fused-ring (bicyclic) bond motifs is 1. The summed E-state index contributed by atoms with van der Waals surface area (Å²) in [6.45, 7) is 0. The van der Waals surface area contributed by atoms with E-state index < -0.39 is 0 Å². The van der Waals surface area contributed by atoms with Crippen molar-refractivity contribution in [3.05, 3.63) is 48.0 Å². The monoisotopic (exact) mass is 164 g/mol. The maximum atomic E-state index is 13.0. The fourth-order valence-corrected chi connectivity index (χ4v) is 1.23. The summed E-state index contributed by atoms with van der Waals surface area (Å²) in [5.74, 6) is -0.765. The third-order valence-electron chi connectivity index (χ3n) is 1.82. The van der Waals surface area contributed by atoms with Crippen LogP contribution >= 0.6 is 0 Å². The van der Waals surface area contributed by atoms with Crippen molar-refractivity contribution in [3.63, 3.8) is 0 Å². The largest absolute Gasteiger partial charge is 0.206 e. The minimum Gasteiger partial charge on any atom is -0.206 e. The number of benzene rings is 2. The van der Waals surface area contributed by atoms with Crippen LogP contribution < -0.4 is 0 Å². The highest BCUT2D eigenvalue weighted by Crippen LogP contribution is 2.19. The quantitative estimate of drug-likeness (QED) is 0.561. The Kier molecular flexibility index (Phi) is 1.54. The topological polar surface area (TPSA) is 0 Å². The Labute approximate surface area is 68.4 Å². The van der Waals surface area contributed by atoms with Gasteiger partial charge in [0.25, 0.3) is 0 Å². The van der Waals surface area contributed by atoms with Gasteiger partial charge in [-0.25, -0.2) is 8.78 Å². The van der Waals surface area contributed by atoms with Crippen LogP contribution in [0.25, 0.3) is 10.8 Å². The third-order valence-corrected chi connectivity index (χ3v) is 1.82. The summed E-state index contributed by atoms with van der Waals surface area (Å²) < 4.78 is 26.0. The maximum Gasteiger partial charge on any atom is 0.131 e. The van der Waals surface area contributed by atoms with Crippen LogP contribution in [-0.4, -0.2) is 0 Å². The summed E-state index contributed by atoms with van der Waals surface area (Å²) in [5, 5.41) is 0.662. The molecule has 0 saturated carbocycles. The SMILES string of the molecule is Fc1ccc(F)c2ccccc12. The first-order valence-corrected chi connectivity index (χ1v) is 3.62. The Morgan fingerprint density at radius 2 is 1.08 bits per heavy atom. The molecule has 2 heteroatoms. The minimum atomic E-state index is -0.382. The molecule has 0 aromatic heterocycles. The third kappa shape index (κ3) is 0.961.